The Morgan fingerprint density at radius 1 is 1.23 bits per heavy atom. The van der Waals surface area contributed by atoms with Gasteiger partial charge >= 0.3 is 0 Å². The molecular weight excluding hydrogens is 356 g/mol. The van der Waals surface area contributed by atoms with Crippen LogP contribution in [0.25, 0.3) is 0 Å². The van der Waals surface area contributed by atoms with Gasteiger partial charge < -0.3 is 19.9 Å². The molecule has 0 radical (unpaired) electrons. The van der Waals surface area contributed by atoms with Crippen molar-refractivity contribution < 1.29 is 14.3 Å². The van der Waals surface area contributed by atoms with E-state index in [1.807, 2.05) is 4.57 Å². The number of anilines is 1. The summed E-state index contributed by atoms with van der Waals surface area (Å²) in [4.78, 5) is 29.5. The van der Waals surface area contributed by atoms with Crippen LogP contribution in [0.4, 0.5) is 5.69 Å². The van der Waals surface area contributed by atoms with E-state index < -0.39 is 0 Å². The summed E-state index contributed by atoms with van der Waals surface area (Å²) >= 11 is 5.87. The molecule has 0 saturated carbocycles. The van der Waals surface area contributed by atoms with Gasteiger partial charge in [-0.1, -0.05) is 11.6 Å². The lowest BCUT2D eigenvalue weighted by Gasteiger charge is -2.17. The molecule has 1 aliphatic rings. The van der Waals surface area contributed by atoms with E-state index in [9.17, 15) is 9.59 Å². The fourth-order valence-electron chi connectivity index (χ4n) is 2.97. The van der Waals surface area contributed by atoms with E-state index in [1.165, 1.54) is 0 Å². The summed E-state index contributed by atoms with van der Waals surface area (Å²) in [6, 6.07) is 6.84. The zero-order valence-electron chi connectivity index (χ0n) is 14.5. The van der Waals surface area contributed by atoms with E-state index in [4.69, 9.17) is 16.3 Å². The highest BCUT2D eigenvalue weighted by atomic mass is 35.5. The number of nitrogens with one attached hydrogen (secondary N) is 2. The van der Waals surface area contributed by atoms with Gasteiger partial charge in [-0.15, -0.1) is 0 Å². The first-order valence-corrected chi connectivity index (χ1v) is 8.91. The molecule has 2 aromatic rings. The number of benzene rings is 1. The molecule has 0 aliphatic carbocycles. The maximum absolute atomic E-state index is 12.7. The van der Waals surface area contributed by atoms with Crippen molar-refractivity contribution >= 4 is 29.1 Å². The zero-order chi connectivity index (χ0) is 18.5. The highest BCUT2D eigenvalue weighted by Gasteiger charge is 2.27. The Kier molecular flexibility index (Phi) is 5.90. The molecule has 3 rings (SSSR count). The molecule has 0 bridgehead atoms. The Balaban J connectivity index is 1.83. The molecule has 1 aromatic heterocycles. The molecule has 2 N–H and O–H groups in total. The molecule has 0 saturated heterocycles. The topological polar surface area (TPSA) is 85.2 Å². The van der Waals surface area contributed by atoms with Crippen molar-refractivity contribution in [3.05, 3.63) is 46.5 Å². The lowest BCUT2D eigenvalue weighted by molar-refractivity contribution is 0.0931. The summed E-state index contributed by atoms with van der Waals surface area (Å²) < 4.78 is 6.79. The standard InChI is InChI=1S/C18H21ClN4O3/c1-26-11-9-20-17(24)15-14-4-2-3-10-23(14)16(22-15)18(25)21-13-7-5-12(19)6-8-13/h5-8H,2-4,9-11H2,1H3,(H,20,24)(H,21,25). The van der Waals surface area contributed by atoms with E-state index in [-0.39, 0.29) is 17.6 Å². The number of imidazole rings is 1. The van der Waals surface area contributed by atoms with Crippen molar-refractivity contribution in [1.29, 1.82) is 0 Å². The third-order valence-electron chi connectivity index (χ3n) is 4.23. The van der Waals surface area contributed by atoms with Crippen LogP contribution in [0.15, 0.2) is 24.3 Å². The van der Waals surface area contributed by atoms with E-state index in [2.05, 4.69) is 15.6 Å². The average molecular weight is 377 g/mol. The summed E-state index contributed by atoms with van der Waals surface area (Å²) in [7, 11) is 1.57. The van der Waals surface area contributed by atoms with Gasteiger partial charge in [-0.25, -0.2) is 4.98 Å². The van der Waals surface area contributed by atoms with Gasteiger partial charge in [0.1, 0.15) is 5.69 Å². The largest absolute Gasteiger partial charge is 0.383 e. The minimum atomic E-state index is -0.341. The number of methoxy groups -OCH3 is 1. The van der Waals surface area contributed by atoms with Crippen LogP contribution >= 0.6 is 11.6 Å². The van der Waals surface area contributed by atoms with Crippen molar-refractivity contribution in [1.82, 2.24) is 14.9 Å². The Labute approximate surface area is 156 Å². The van der Waals surface area contributed by atoms with Crippen LogP contribution < -0.4 is 10.6 Å². The van der Waals surface area contributed by atoms with Crippen molar-refractivity contribution in [3.63, 3.8) is 0 Å². The third kappa shape index (κ3) is 4.05. The van der Waals surface area contributed by atoms with Crippen LogP contribution in [0, 0.1) is 0 Å². The van der Waals surface area contributed by atoms with E-state index in [1.54, 1.807) is 31.4 Å². The van der Waals surface area contributed by atoms with Gasteiger partial charge in [-0.05, 0) is 43.5 Å². The average Bonchev–Trinajstić information content (AvgIpc) is 3.04. The Morgan fingerprint density at radius 2 is 2.00 bits per heavy atom. The maximum Gasteiger partial charge on any atom is 0.291 e. The van der Waals surface area contributed by atoms with Crippen LogP contribution in [0.5, 0.6) is 0 Å². The lowest BCUT2D eigenvalue weighted by atomic mass is 10.1. The van der Waals surface area contributed by atoms with E-state index >= 15 is 0 Å². The quantitative estimate of drug-likeness (QED) is 0.758. The second kappa shape index (κ2) is 8.33. The molecule has 1 aromatic carbocycles. The number of amides is 2. The molecule has 0 fully saturated rings. The number of carbonyl (C=O) groups is 2. The first kappa shape index (κ1) is 18.4. The second-order valence-corrected chi connectivity index (χ2v) is 6.49. The van der Waals surface area contributed by atoms with Gasteiger partial charge in [-0.3, -0.25) is 9.59 Å². The second-order valence-electron chi connectivity index (χ2n) is 6.05. The zero-order valence-corrected chi connectivity index (χ0v) is 15.3. The van der Waals surface area contributed by atoms with Crippen molar-refractivity contribution in [2.75, 3.05) is 25.6 Å². The smallest absolute Gasteiger partial charge is 0.291 e. The number of ether oxygens (including phenoxy) is 1. The highest BCUT2D eigenvalue weighted by molar-refractivity contribution is 6.30. The van der Waals surface area contributed by atoms with E-state index in [0.29, 0.717) is 36.1 Å². The predicted molar refractivity (Wildman–Crippen MR) is 98.8 cm³/mol. The summed E-state index contributed by atoms with van der Waals surface area (Å²) in [6.07, 6.45) is 2.66. The first-order valence-electron chi connectivity index (χ1n) is 8.53. The molecule has 2 amide bonds. The number of carbonyl (C=O) groups excluding carboxylic acids is 2. The first-order chi connectivity index (χ1) is 12.6. The Hall–Kier alpha value is -2.38. The fraction of sp³-hybridized carbons (Fsp3) is 0.389. The minimum Gasteiger partial charge on any atom is -0.383 e. The van der Waals surface area contributed by atoms with Gasteiger partial charge in [0.2, 0.25) is 0 Å². The molecule has 2 heterocycles. The summed E-state index contributed by atoms with van der Waals surface area (Å²) in [5, 5.41) is 6.17. The number of hydrogen-bond acceptors (Lipinski definition) is 4. The Bertz CT molecular complexity index is 802. The summed E-state index contributed by atoms with van der Waals surface area (Å²) in [5.74, 6) is -0.365. The fourth-order valence-corrected chi connectivity index (χ4v) is 3.09. The normalized spacial score (nSPS) is 13.2. The molecule has 0 spiro atoms. The molecule has 8 heteroatoms. The molecule has 1 aliphatic heterocycles. The number of rotatable bonds is 6. The third-order valence-corrected chi connectivity index (χ3v) is 4.48. The van der Waals surface area contributed by atoms with Crippen LogP contribution in [0.2, 0.25) is 5.02 Å². The monoisotopic (exact) mass is 376 g/mol. The van der Waals surface area contributed by atoms with Crippen LogP contribution in [0.1, 0.15) is 39.6 Å². The van der Waals surface area contributed by atoms with Gasteiger partial charge in [0, 0.05) is 30.9 Å². The van der Waals surface area contributed by atoms with E-state index in [0.717, 1.165) is 25.0 Å². The van der Waals surface area contributed by atoms with Gasteiger partial charge in [0.05, 0.1) is 12.3 Å². The number of halogens is 1. The molecule has 138 valence electrons. The SMILES string of the molecule is COCCNC(=O)c1nc(C(=O)Nc2ccc(Cl)cc2)n2c1CCCC2. The van der Waals surface area contributed by atoms with Crippen LogP contribution in [-0.4, -0.2) is 41.6 Å². The number of fused-ring (bicyclic) bond motifs is 1. The van der Waals surface area contributed by atoms with Gasteiger partial charge in [0.15, 0.2) is 5.82 Å². The summed E-state index contributed by atoms with van der Waals surface area (Å²) in [6.45, 7) is 1.50. The molecule has 0 atom stereocenters. The minimum absolute atomic E-state index is 0.256. The lowest BCUT2D eigenvalue weighted by Crippen LogP contribution is -2.28. The number of hydrogen-bond donors (Lipinski definition) is 2. The van der Waals surface area contributed by atoms with Crippen LogP contribution in [-0.2, 0) is 17.7 Å². The predicted octanol–water partition coefficient (Wildman–Crippen LogP) is 2.50. The maximum atomic E-state index is 12.7. The molecule has 7 nitrogen and oxygen atoms in total. The highest BCUT2D eigenvalue weighted by Crippen LogP contribution is 2.22. The van der Waals surface area contributed by atoms with Crippen LogP contribution in [0.3, 0.4) is 0 Å². The molecule has 0 unspecified atom stereocenters. The summed E-state index contributed by atoms with van der Waals surface area (Å²) in [5.41, 5.74) is 1.76. The van der Waals surface area contributed by atoms with Gasteiger partial charge in [-0.2, -0.15) is 0 Å². The van der Waals surface area contributed by atoms with Crippen molar-refractivity contribution in [3.8, 4) is 0 Å². The molecule has 26 heavy (non-hydrogen) atoms. The number of aromatic nitrogens is 2. The van der Waals surface area contributed by atoms with Crippen molar-refractivity contribution in [2.45, 2.75) is 25.8 Å². The number of nitrogens with zero attached hydrogens (tertiary/aromatic N) is 2. The van der Waals surface area contributed by atoms with Gasteiger partial charge in [0.25, 0.3) is 11.8 Å². The molecular formula is C18H21ClN4O3. The van der Waals surface area contributed by atoms with Crippen molar-refractivity contribution in [2.24, 2.45) is 0 Å². The Morgan fingerprint density at radius 3 is 2.73 bits per heavy atom.